The predicted molar refractivity (Wildman–Crippen MR) is 66.8 cm³/mol. The van der Waals surface area contributed by atoms with Crippen molar-refractivity contribution in [3.63, 3.8) is 0 Å². The average molecular weight is 229 g/mol. The molecule has 3 nitrogen and oxygen atoms in total. The van der Waals surface area contributed by atoms with Crippen LogP contribution in [-0.4, -0.2) is 38.0 Å². The van der Waals surface area contributed by atoms with E-state index in [1.165, 1.54) is 25.7 Å². The minimum atomic E-state index is 0.313. The Morgan fingerprint density at radius 2 is 1.81 bits per heavy atom. The summed E-state index contributed by atoms with van der Waals surface area (Å²) in [6, 6.07) is 0.719. The molecule has 1 N–H and O–H groups in total. The first-order chi connectivity index (χ1) is 7.72. The van der Waals surface area contributed by atoms with Crippen molar-refractivity contribution < 1.29 is 9.47 Å². The van der Waals surface area contributed by atoms with Crippen molar-refractivity contribution >= 4 is 0 Å². The van der Waals surface area contributed by atoms with E-state index in [0.29, 0.717) is 12.2 Å². The molecule has 1 rings (SSSR count). The molecule has 0 radical (unpaired) electrons. The van der Waals surface area contributed by atoms with Crippen LogP contribution in [0, 0.1) is 0 Å². The lowest BCUT2D eigenvalue weighted by atomic mass is 9.93. The van der Waals surface area contributed by atoms with Crippen LogP contribution in [0.1, 0.15) is 46.5 Å². The van der Waals surface area contributed by atoms with Gasteiger partial charge in [-0.1, -0.05) is 6.92 Å². The molecule has 0 aliphatic heterocycles. The molecule has 0 spiro atoms. The van der Waals surface area contributed by atoms with Crippen LogP contribution in [0.4, 0.5) is 0 Å². The zero-order valence-corrected chi connectivity index (χ0v) is 11.0. The Hall–Kier alpha value is -0.120. The summed E-state index contributed by atoms with van der Waals surface area (Å²) >= 11 is 0. The highest BCUT2D eigenvalue weighted by Gasteiger charge is 2.20. The lowest BCUT2D eigenvalue weighted by molar-refractivity contribution is -0.0265. The Balaban J connectivity index is 1.99. The van der Waals surface area contributed by atoms with Crippen molar-refractivity contribution in [2.75, 3.05) is 19.8 Å². The van der Waals surface area contributed by atoms with Crippen molar-refractivity contribution in [3.8, 4) is 0 Å². The first-order valence-electron chi connectivity index (χ1n) is 6.69. The van der Waals surface area contributed by atoms with Crippen LogP contribution in [0.3, 0.4) is 0 Å². The van der Waals surface area contributed by atoms with E-state index in [-0.39, 0.29) is 0 Å². The molecule has 0 saturated heterocycles. The van der Waals surface area contributed by atoms with Gasteiger partial charge in [-0.15, -0.1) is 0 Å². The summed E-state index contributed by atoms with van der Waals surface area (Å²) in [4.78, 5) is 0. The topological polar surface area (TPSA) is 30.5 Å². The Morgan fingerprint density at radius 1 is 1.12 bits per heavy atom. The summed E-state index contributed by atoms with van der Waals surface area (Å²) in [6.45, 7) is 8.84. The first kappa shape index (κ1) is 13.9. The normalized spacial score (nSPS) is 26.2. The number of nitrogens with one attached hydrogen (secondary N) is 1. The maximum atomic E-state index is 5.81. The fourth-order valence-corrected chi connectivity index (χ4v) is 2.22. The van der Waals surface area contributed by atoms with Crippen LogP contribution in [-0.2, 0) is 9.47 Å². The minimum Gasteiger partial charge on any atom is -0.376 e. The van der Waals surface area contributed by atoms with Gasteiger partial charge in [-0.2, -0.15) is 0 Å². The Labute approximate surface area is 99.9 Å². The molecule has 3 heteroatoms. The van der Waals surface area contributed by atoms with E-state index in [4.69, 9.17) is 9.47 Å². The standard InChI is InChI=1S/C13H27NO2/c1-4-14-12-5-7-13(8-6-12)16-10-9-15-11(2)3/h11-14H,4-10H2,1-3H3. The largest absolute Gasteiger partial charge is 0.376 e. The van der Waals surface area contributed by atoms with Gasteiger partial charge >= 0.3 is 0 Å². The maximum Gasteiger partial charge on any atom is 0.0704 e. The van der Waals surface area contributed by atoms with Crippen molar-refractivity contribution in [2.45, 2.75) is 64.7 Å². The van der Waals surface area contributed by atoms with Gasteiger partial charge in [0.2, 0.25) is 0 Å². The Bertz CT molecular complexity index is 165. The number of hydrogen-bond donors (Lipinski definition) is 1. The highest BCUT2D eigenvalue weighted by Crippen LogP contribution is 2.20. The minimum absolute atomic E-state index is 0.313. The Morgan fingerprint density at radius 3 is 2.38 bits per heavy atom. The van der Waals surface area contributed by atoms with E-state index in [9.17, 15) is 0 Å². The number of ether oxygens (including phenoxy) is 2. The van der Waals surface area contributed by atoms with Crippen molar-refractivity contribution in [1.29, 1.82) is 0 Å². The van der Waals surface area contributed by atoms with Gasteiger partial charge in [0, 0.05) is 6.04 Å². The lowest BCUT2D eigenvalue weighted by Crippen LogP contribution is -2.35. The van der Waals surface area contributed by atoms with Crippen molar-refractivity contribution in [3.05, 3.63) is 0 Å². The molecule has 0 aromatic carbocycles. The first-order valence-corrected chi connectivity index (χ1v) is 6.69. The van der Waals surface area contributed by atoms with Crippen LogP contribution in [0.2, 0.25) is 0 Å². The zero-order chi connectivity index (χ0) is 11.8. The molecule has 0 aromatic rings. The fourth-order valence-electron chi connectivity index (χ4n) is 2.22. The van der Waals surface area contributed by atoms with Gasteiger partial charge in [0.1, 0.15) is 0 Å². The monoisotopic (exact) mass is 229 g/mol. The predicted octanol–water partition coefficient (Wildman–Crippen LogP) is 2.35. The molecule has 0 amide bonds. The molecule has 0 aromatic heterocycles. The fraction of sp³-hybridized carbons (Fsp3) is 1.00. The molecule has 1 fully saturated rings. The molecule has 0 atom stereocenters. The van der Waals surface area contributed by atoms with Gasteiger partial charge in [-0.25, -0.2) is 0 Å². The molecule has 0 heterocycles. The number of rotatable bonds is 7. The second-order valence-corrected chi connectivity index (χ2v) is 4.82. The van der Waals surface area contributed by atoms with Crippen LogP contribution >= 0.6 is 0 Å². The summed E-state index contributed by atoms with van der Waals surface area (Å²) in [5, 5.41) is 3.51. The highest BCUT2D eigenvalue weighted by molar-refractivity contribution is 4.76. The van der Waals surface area contributed by atoms with Crippen LogP contribution in [0.25, 0.3) is 0 Å². The summed E-state index contributed by atoms with van der Waals surface area (Å²) < 4.78 is 11.3. The second-order valence-electron chi connectivity index (χ2n) is 4.82. The molecule has 0 bridgehead atoms. The van der Waals surface area contributed by atoms with Crippen LogP contribution in [0.5, 0.6) is 0 Å². The van der Waals surface area contributed by atoms with Gasteiger partial charge in [-0.3, -0.25) is 0 Å². The molecule has 1 aliphatic rings. The molecular formula is C13H27NO2. The zero-order valence-electron chi connectivity index (χ0n) is 11.0. The lowest BCUT2D eigenvalue weighted by Gasteiger charge is -2.29. The highest BCUT2D eigenvalue weighted by atomic mass is 16.5. The quantitative estimate of drug-likeness (QED) is 0.680. The van der Waals surface area contributed by atoms with E-state index in [2.05, 4.69) is 26.1 Å². The summed E-state index contributed by atoms with van der Waals surface area (Å²) in [5.41, 5.74) is 0. The molecule has 1 saturated carbocycles. The maximum absolute atomic E-state index is 5.81. The SMILES string of the molecule is CCNC1CCC(OCCOC(C)C)CC1. The van der Waals surface area contributed by atoms with Gasteiger partial charge in [0.15, 0.2) is 0 Å². The van der Waals surface area contributed by atoms with Gasteiger partial charge < -0.3 is 14.8 Å². The third-order valence-electron chi connectivity index (χ3n) is 3.06. The van der Waals surface area contributed by atoms with Gasteiger partial charge in [0.25, 0.3) is 0 Å². The third kappa shape index (κ3) is 5.83. The number of hydrogen-bond acceptors (Lipinski definition) is 3. The third-order valence-corrected chi connectivity index (χ3v) is 3.06. The van der Waals surface area contributed by atoms with Crippen molar-refractivity contribution in [2.24, 2.45) is 0 Å². The molecular weight excluding hydrogens is 202 g/mol. The van der Waals surface area contributed by atoms with E-state index in [1.54, 1.807) is 0 Å². The van der Waals surface area contributed by atoms with E-state index < -0.39 is 0 Å². The van der Waals surface area contributed by atoms with E-state index in [0.717, 1.165) is 25.8 Å². The second kappa shape index (κ2) is 8.04. The summed E-state index contributed by atoms with van der Waals surface area (Å²) in [6.07, 6.45) is 5.67. The smallest absolute Gasteiger partial charge is 0.0704 e. The average Bonchev–Trinajstić information content (AvgIpc) is 2.27. The van der Waals surface area contributed by atoms with E-state index in [1.807, 2.05) is 0 Å². The summed E-state index contributed by atoms with van der Waals surface area (Å²) in [5.74, 6) is 0. The van der Waals surface area contributed by atoms with Gasteiger partial charge in [-0.05, 0) is 46.1 Å². The molecule has 0 unspecified atom stereocenters. The van der Waals surface area contributed by atoms with Gasteiger partial charge in [0.05, 0.1) is 25.4 Å². The molecule has 96 valence electrons. The van der Waals surface area contributed by atoms with Crippen molar-refractivity contribution in [1.82, 2.24) is 5.32 Å². The Kier molecular flexibility index (Phi) is 7.01. The van der Waals surface area contributed by atoms with Crippen LogP contribution in [0.15, 0.2) is 0 Å². The molecule has 1 aliphatic carbocycles. The van der Waals surface area contributed by atoms with Crippen LogP contribution < -0.4 is 5.32 Å². The summed E-state index contributed by atoms with van der Waals surface area (Å²) in [7, 11) is 0. The van der Waals surface area contributed by atoms with E-state index >= 15 is 0 Å². The molecule has 16 heavy (non-hydrogen) atoms.